The number of carbonyl (C=O) groups excluding carboxylic acids is 1. The Kier molecular flexibility index (Phi) is 4.80. The average molecular weight is 295 g/mol. The molecule has 21 heavy (non-hydrogen) atoms. The molecule has 0 unspecified atom stereocenters. The van der Waals surface area contributed by atoms with Crippen molar-refractivity contribution in [2.45, 2.75) is 58.2 Å². The first-order valence-electron chi connectivity index (χ1n) is 7.34. The van der Waals surface area contributed by atoms with Crippen LogP contribution in [0, 0.1) is 11.7 Å². The Hall–Kier alpha value is -1.65. The van der Waals surface area contributed by atoms with Crippen molar-refractivity contribution in [3.05, 3.63) is 24.1 Å². The maximum atomic E-state index is 12.8. The van der Waals surface area contributed by atoms with E-state index in [1.165, 1.54) is 12.1 Å². The van der Waals surface area contributed by atoms with Crippen LogP contribution in [-0.4, -0.2) is 22.7 Å². The molecular formula is C16H22FNO3. The number of hydrogen-bond donors (Lipinski definition) is 0. The Morgan fingerprint density at radius 1 is 1.24 bits per heavy atom. The molecule has 1 heterocycles. The zero-order chi connectivity index (χ0) is 15.5. The molecule has 4 nitrogen and oxygen atoms in total. The lowest BCUT2D eigenvalue weighted by atomic mass is 9.87. The zero-order valence-electron chi connectivity index (χ0n) is 12.8. The summed E-state index contributed by atoms with van der Waals surface area (Å²) >= 11 is 0. The fourth-order valence-electron chi connectivity index (χ4n) is 2.40. The van der Waals surface area contributed by atoms with E-state index in [2.05, 4.69) is 4.98 Å². The first kappa shape index (κ1) is 15.7. The highest BCUT2D eigenvalue weighted by atomic mass is 19.1. The third-order valence-corrected chi connectivity index (χ3v) is 3.40. The Bertz CT molecular complexity index is 473. The Morgan fingerprint density at radius 2 is 1.90 bits per heavy atom. The largest absolute Gasteiger partial charge is 0.474 e. The molecule has 1 aliphatic carbocycles. The van der Waals surface area contributed by atoms with Gasteiger partial charge in [0.05, 0.1) is 12.1 Å². The molecule has 0 amide bonds. The smallest absolute Gasteiger partial charge is 0.309 e. The first-order valence-corrected chi connectivity index (χ1v) is 7.34. The average Bonchev–Trinajstić information content (AvgIpc) is 2.40. The van der Waals surface area contributed by atoms with Gasteiger partial charge in [-0.1, -0.05) is 0 Å². The predicted octanol–water partition coefficient (Wildman–Crippen LogP) is 3.50. The highest BCUT2D eigenvalue weighted by Gasteiger charge is 2.30. The second-order valence-electron chi connectivity index (χ2n) is 6.44. The topological polar surface area (TPSA) is 48.4 Å². The zero-order valence-corrected chi connectivity index (χ0v) is 12.8. The Balaban J connectivity index is 1.80. The van der Waals surface area contributed by atoms with Crippen LogP contribution in [0.3, 0.4) is 0 Å². The predicted molar refractivity (Wildman–Crippen MR) is 76.4 cm³/mol. The molecule has 5 heteroatoms. The summed E-state index contributed by atoms with van der Waals surface area (Å²) in [4.78, 5) is 15.9. The molecule has 0 N–H and O–H groups in total. The van der Waals surface area contributed by atoms with Gasteiger partial charge < -0.3 is 9.47 Å². The van der Waals surface area contributed by atoms with Crippen LogP contribution in [0.15, 0.2) is 18.3 Å². The summed E-state index contributed by atoms with van der Waals surface area (Å²) in [5, 5.41) is 0. The summed E-state index contributed by atoms with van der Waals surface area (Å²) in [5.41, 5.74) is -0.442. The number of aromatic nitrogens is 1. The summed E-state index contributed by atoms with van der Waals surface area (Å²) in [6, 6.07) is 2.85. The normalized spacial score (nSPS) is 22.7. The summed E-state index contributed by atoms with van der Waals surface area (Å²) < 4.78 is 23.9. The molecule has 1 aromatic rings. The lowest BCUT2D eigenvalue weighted by Gasteiger charge is -2.29. The van der Waals surface area contributed by atoms with Crippen LogP contribution in [0.2, 0.25) is 0 Å². The van der Waals surface area contributed by atoms with E-state index in [-0.39, 0.29) is 23.8 Å². The molecule has 0 bridgehead atoms. The molecular weight excluding hydrogens is 273 g/mol. The molecule has 0 aromatic carbocycles. The van der Waals surface area contributed by atoms with Crippen molar-refractivity contribution in [2.75, 3.05) is 0 Å². The van der Waals surface area contributed by atoms with Crippen LogP contribution < -0.4 is 4.74 Å². The second kappa shape index (κ2) is 6.41. The third kappa shape index (κ3) is 4.99. The minimum atomic E-state index is -0.442. The molecule has 2 rings (SSSR count). The number of halogens is 1. The molecule has 116 valence electrons. The maximum absolute atomic E-state index is 12.8. The number of carbonyl (C=O) groups is 1. The molecule has 1 aliphatic rings. The monoisotopic (exact) mass is 295 g/mol. The summed E-state index contributed by atoms with van der Waals surface area (Å²) in [6.45, 7) is 5.62. The van der Waals surface area contributed by atoms with Crippen LogP contribution in [0.25, 0.3) is 0 Å². The van der Waals surface area contributed by atoms with E-state index in [0.717, 1.165) is 31.9 Å². The van der Waals surface area contributed by atoms with E-state index in [1.54, 1.807) is 0 Å². The van der Waals surface area contributed by atoms with E-state index in [1.807, 2.05) is 20.8 Å². The van der Waals surface area contributed by atoms with Gasteiger partial charge in [0.2, 0.25) is 5.88 Å². The molecule has 0 atom stereocenters. The Labute approximate surface area is 124 Å². The number of nitrogens with zero attached hydrogens (tertiary/aromatic N) is 1. The van der Waals surface area contributed by atoms with Crippen LogP contribution in [-0.2, 0) is 9.53 Å². The minimum absolute atomic E-state index is 0.0293. The number of rotatable bonds is 3. The van der Waals surface area contributed by atoms with Gasteiger partial charge in [0.25, 0.3) is 0 Å². The fourth-order valence-corrected chi connectivity index (χ4v) is 2.40. The van der Waals surface area contributed by atoms with Gasteiger partial charge in [0.1, 0.15) is 17.5 Å². The van der Waals surface area contributed by atoms with Crippen molar-refractivity contribution in [1.29, 1.82) is 0 Å². The second-order valence-corrected chi connectivity index (χ2v) is 6.44. The van der Waals surface area contributed by atoms with Gasteiger partial charge in [-0.2, -0.15) is 0 Å². The van der Waals surface area contributed by atoms with Gasteiger partial charge in [-0.05, 0) is 52.5 Å². The highest BCUT2D eigenvalue weighted by molar-refractivity contribution is 5.73. The van der Waals surface area contributed by atoms with E-state index in [4.69, 9.17) is 9.47 Å². The van der Waals surface area contributed by atoms with E-state index in [0.29, 0.717) is 5.88 Å². The third-order valence-electron chi connectivity index (χ3n) is 3.40. The minimum Gasteiger partial charge on any atom is -0.474 e. The van der Waals surface area contributed by atoms with Crippen molar-refractivity contribution in [3.63, 3.8) is 0 Å². The summed E-state index contributed by atoms with van der Waals surface area (Å²) in [6.07, 6.45) is 4.23. The van der Waals surface area contributed by atoms with E-state index < -0.39 is 5.60 Å². The standard InChI is InChI=1S/C16H22FNO3/c1-16(2,3)21-15(19)11-4-7-13(8-5-11)20-14-9-6-12(17)10-18-14/h6,9-11,13H,4-5,7-8H2,1-3H3. The highest BCUT2D eigenvalue weighted by Crippen LogP contribution is 2.29. The number of ether oxygens (including phenoxy) is 2. The quantitative estimate of drug-likeness (QED) is 0.801. The van der Waals surface area contributed by atoms with Gasteiger partial charge in [0.15, 0.2) is 0 Å². The van der Waals surface area contributed by atoms with E-state index >= 15 is 0 Å². The molecule has 1 fully saturated rings. The maximum Gasteiger partial charge on any atom is 0.309 e. The number of esters is 1. The molecule has 0 aliphatic heterocycles. The van der Waals surface area contributed by atoms with Crippen molar-refractivity contribution < 1.29 is 18.7 Å². The van der Waals surface area contributed by atoms with Gasteiger partial charge in [-0.25, -0.2) is 9.37 Å². The van der Waals surface area contributed by atoms with Crippen LogP contribution >= 0.6 is 0 Å². The van der Waals surface area contributed by atoms with Crippen molar-refractivity contribution >= 4 is 5.97 Å². The SMILES string of the molecule is CC(C)(C)OC(=O)C1CCC(Oc2ccc(F)cn2)CC1. The molecule has 1 aromatic heterocycles. The van der Waals surface area contributed by atoms with Crippen molar-refractivity contribution in [3.8, 4) is 5.88 Å². The first-order chi connectivity index (χ1) is 9.83. The van der Waals surface area contributed by atoms with Crippen molar-refractivity contribution in [1.82, 2.24) is 4.98 Å². The van der Waals surface area contributed by atoms with Gasteiger partial charge in [0, 0.05) is 6.07 Å². The molecule has 0 spiro atoms. The Morgan fingerprint density at radius 3 is 2.43 bits per heavy atom. The fraction of sp³-hybridized carbons (Fsp3) is 0.625. The molecule has 0 radical (unpaired) electrons. The lowest BCUT2D eigenvalue weighted by Crippen LogP contribution is -2.33. The number of pyridine rings is 1. The van der Waals surface area contributed by atoms with Gasteiger partial charge >= 0.3 is 5.97 Å². The summed E-state index contributed by atoms with van der Waals surface area (Å²) in [7, 11) is 0. The van der Waals surface area contributed by atoms with Crippen LogP contribution in [0.5, 0.6) is 5.88 Å². The lowest BCUT2D eigenvalue weighted by molar-refractivity contribution is -0.161. The number of hydrogen-bond acceptors (Lipinski definition) is 4. The molecule has 1 saturated carbocycles. The van der Waals surface area contributed by atoms with Crippen LogP contribution in [0.1, 0.15) is 46.5 Å². The van der Waals surface area contributed by atoms with Gasteiger partial charge in [-0.3, -0.25) is 4.79 Å². The molecule has 0 saturated heterocycles. The van der Waals surface area contributed by atoms with Crippen molar-refractivity contribution in [2.24, 2.45) is 5.92 Å². The van der Waals surface area contributed by atoms with E-state index in [9.17, 15) is 9.18 Å². The van der Waals surface area contributed by atoms with Crippen LogP contribution in [0.4, 0.5) is 4.39 Å². The van der Waals surface area contributed by atoms with Gasteiger partial charge in [-0.15, -0.1) is 0 Å². The summed E-state index contributed by atoms with van der Waals surface area (Å²) in [5.74, 6) is -0.126.